The van der Waals surface area contributed by atoms with Crippen molar-refractivity contribution in [1.82, 2.24) is 23.9 Å². The fourth-order valence-electron chi connectivity index (χ4n) is 4.14. The summed E-state index contributed by atoms with van der Waals surface area (Å²) in [6.07, 6.45) is 6.07. The van der Waals surface area contributed by atoms with Crippen molar-refractivity contribution in [3.8, 4) is 0 Å². The number of anilines is 1. The van der Waals surface area contributed by atoms with Gasteiger partial charge in [0.25, 0.3) is 5.78 Å². The highest BCUT2D eigenvalue weighted by atomic mass is 32.2. The molecule has 1 aliphatic rings. The van der Waals surface area contributed by atoms with E-state index < -0.39 is 10.0 Å². The summed E-state index contributed by atoms with van der Waals surface area (Å²) in [5.74, 6) is 0.349. The average Bonchev–Trinajstić information content (AvgIpc) is 3.05. The summed E-state index contributed by atoms with van der Waals surface area (Å²) in [6.45, 7) is 4.91. The molecule has 0 atom stereocenters. The molecule has 1 amide bonds. The van der Waals surface area contributed by atoms with E-state index >= 15 is 0 Å². The lowest BCUT2D eigenvalue weighted by Crippen LogP contribution is -2.32. The minimum absolute atomic E-state index is 0.188. The van der Waals surface area contributed by atoms with E-state index in [9.17, 15) is 13.2 Å². The predicted octanol–water partition coefficient (Wildman–Crippen LogP) is 2.88. The molecule has 9 nitrogen and oxygen atoms in total. The van der Waals surface area contributed by atoms with Crippen molar-refractivity contribution in [2.24, 2.45) is 0 Å². The van der Waals surface area contributed by atoms with E-state index in [0.29, 0.717) is 31.0 Å². The van der Waals surface area contributed by atoms with Gasteiger partial charge >= 0.3 is 0 Å². The summed E-state index contributed by atoms with van der Waals surface area (Å²) in [5, 5.41) is 7.01. The van der Waals surface area contributed by atoms with Crippen LogP contribution in [0.15, 0.2) is 35.5 Å². The second-order valence-corrected chi connectivity index (χ2v) is 10.1. The Morgan fingerprint density at radius 1 is 1.12 bits per heavy atom. The van der Waals surface area contributed by atoms with Crippen LogP contribution in [0.3, 0.4) is 0 Å². The van der Waals surface area contributed by atoms with Crippen LogP contribution in [-0.4, -0.2) is 51.3 Å². The zero-order valence-corrected chi connectivity index (χ0v) is 19.2. The van der Waals surface area contributed by atoms with Crippen LogP contribution in [0.4, 0.5) is 5.69 Å². The topological polar surface area (TPSA) is 110 Å². The van der Waals surface area contributed by atoms with Gasteiger partial charge in [0.1, 0.15) is 6.33 Å². The van der Waals surface area contributed by atoms with E-state index in [2.05, 4.69) is 20.4 Å². The highest BCUT2D eigenvalue weighted by Crippen LogP contribution is 2.23. The van der Waals surface area contributed by atoms with Gasteiger partial charge in [-0.15, -0.1) is 0 Å². The maximum atomic E-state index is 13.0. The third kappa shape index (κ3) is 4.66. The van der Waals surface area contributed by atoms with Gasteiger partial charge in [0.15, 0.2) is 0 Å². The minimum atomic E-state index is -3.57. The van der Waals surface area contributed by atoms with Crippen LogP contribution in [0.5, 0.6) is 0 Å². The maximum absolute atomic E-state index is 13.0. The molecule has 1 saturated heterocycles. The fraction of sp³-hybridized carbons (Fsp3) is 0.455. The van der Waals surface area contributed by atoms with E-state index in [4.69, 9.17) is 0 Å². The Balaban J connectivity index is 1.44. The number of aromatic nitrogens is 4. The quantitative estimate of drug-likeness (QED) is 0.611. The number of amides is 1. The van der Waals surface area contributed by atoms with Gasteiger partial charge in [-0.3, -0.25) is 4.79 Å². The van der Waals surface area contributed by atoms with Crippen LogP contribution in [0.25, 0.3) is 5.78 Å². The van der Waals surface area contributed by atoms with Gasteiger partial charge in [-0.1, -0.05) is 18.9 Å². The lowest BCUT2D eigenvalue weighted by Gasteiger charge is -2.20. The first kappa shape index (κ1) is 22.3. The molecule has 0 spiro atoms. The Morgan fingerprint density at radius 3 is 2.62 bits per heavy atom. The number of carbonyl (C=O) groups excluding carboxylic acids is 1. The van der Waals surface area contributed by atoms with Gasteiger partial charge in [-0.2, -0.15) is 14.4 Å². The molecule has 1 aliphatic heterocycles. The summed E-state index contributed by atoms with van der Waals surface area (Å²) in [7, 11) is -3.57. The van der Waals surface area contributed by atoms with Gasteiger partial charge in [0.05, 0.1) is 4.90 Å². The Kier molecular flexibility index (Phi) is 6.52. The molecule has 1 aromatic carbocycles. The van der Waals surface area contributed by atoms with Gasteiger partial charge in [0.2, 0.25) is 15.9 Å². The third-order valence-electron chi connectivity index (χ3n) is 5.91. The number of nitrogens with zero attached hydrogens (tertiary/aromatic N) is 5. The number of hydrogen-bond acceptors (Lipinski definition) is 6. The lowest BCUT2D eigenvalue weighted by molar-refractivity contribution is -0.116. The van der Waals surface area contributed by atoms with Gasteiger partial charge in [-0.25, -0.2) is 17.9 Å². The summed E-state index contributed by atoms with van der Waals surface area (Å²) < 4.78 is 29.3. The first-order valence-electron chi connectivity index (χ1n) is 10.9. The number of rotatable bonds is 6. The zero-order chi connectivity index (χ0) is 22.7. The molecule has 1 fully saturated rings. The largest absolute Gasteiger partial charge is 0.326 e. The molecule has 3 heterocycles. The van der Waals surface area contributed by atoms with E-state index in [-0.39, 0.29) is 17.2 Å². The third-order valence-corrected chi connectivity index (χ3v) is 7.81. The molecule has 0 bridgehead atoms. The standard InChI is InChI=1S/C22H28N6O3S/c1-16-20(17(2)28-22(25-16)23-15-24-28)10-11-21(29)26-18-8-7-9-19(14-18)32(30,31)27-12-5-3-4-6-13-27/h7-9,14-15H,3-6,10-13H2,1-2H3,(H,26,29). The van der Waals surface area contributed by atoms with Crippen molar-refractivity contribution in [2.75, 3.05) is 18.4 Å². The summed E-state index contributed by atoms with van der Waals surface area (Å²) in [6, 6.07) is 6.50. The van der Waals surface area contributed by atoms with E-state index in [1.165, 1.54) is 12.4 Å². The van der Waals surface area contributed by atoms with Crippen molar-refractivity contribution < 1.29 is 13.2 Å². The van der Waals surface area contributed by atoms with E-state index in [1.54, 1.807) is 27.0 Å². The number of aryl methyl sites for hydroxylation is 2. The lowest BCUT2D eigenvalue weighted by atomic mass is 10.1. The molecule has 4 rings (SSSR count). The van der Waals surface area contributed by atoms with E-state index in [1.807, 2.05) is 13.8 Å². The first-order valence-corrected chi connectivity index (χ1v) is 12.4. The first-order chi connectivity index (χ1) is 15.4. The molecule has 32 heavy (non-hydrogen) atoms. The van der Waals surface area contributed by atoms with Crippen LogP contribution in [0.1, 0.15) is 49.1 Å². The van der Waals surface area contributed by atoms with Crippen LogP contribution in [0, 0.1) is 13.8 Å². The molecule has 0 radical (unpaired) electrons. The number of nitrogens with one attached hydrogen (secondary N) is 1. The molecule has 0 aliphatic carbocycles. The van der Waals surface area contributed by atoms with Gasteiger partial charge in [-0.05, 0) is 56.9 Å². The van der Waals surface area contributed by atoms with Crippen molar-refractivity contribution in [2.45, 2.75) is 57.3 Å². The number of carbonyl (C=O) groups is 1. The average molecular weight is 457 g/mol. The van der Waals surface area contributed by atoms with Gasteiger partial charge in [0, 0.05) is 36.6 Å². The number of sulfonamides is 1. The molecule has 1 N–H and O–H groups in total. The van der Waals surface area contributed by atoms with Crippen molar-refractivity contribution >= 4 is 27.4 Å². The Morgan fingerprint density at radius 2 is 1.88 bits per heavy atom. The summed E-state index contributed by atoms with van der Waals surface area (Å²) in [4.78, 5) is 21.4. The Labute approximate surface area is 187 Å². The second-order valence-electron chi connectivity index (χ2n) is 8.13. The molecule has 2 aromatic heterocycles. The van der Waals surface area contributed by atoms with Crippen LogP contribution in [-0.2, 0) is 21.2 Å². The predicted molar refractivity (Wildman–Crippen MR) is 121 cm³/mol. The summed E-state index contributed by atoms with van der Waals surface area (Å²) >= 11 is 0. The van der Waals surface area contributed by atoms with Gasteiger partial charge < -0.3 is 5.32 Å². The minimum Gasteiger partial charge on any atom is -0.326 e. The second kappa shape index (κ2) is 9.33. The summed E-state index contributed by atoms with van der Waals surface area (Å²) in [5.41, 5.74) is 3.16. The van der Waals surface area contributed by atoms with Crippen molar-refractivity contribution in [3.05, 3.63) is 47.5 Å². The molecular weight excluding hydrogens is 428 g/mol. The molecule has 0 saturated carbocycles. The Hall–Kier alpha value is -2.85. The smallest absolute Gasteiger partial charge is 0.252 e. The molecular formula is C22H28N6O3S. The highest BCUT2D eigenvalue weighted by Gasteiger charge is 2.25. The molecule has 170 valence electrons. The Bertz CT molecular complexity index is 1230. The number of benzene rings is 1. The highest BCUT2D eigenvalue weighted by molar-refractivity contribution is 7.89. The van der Waals surface area contributed by atoms with Crippen LogP contribution < -0.4 is 5.32 Å². The molecule has 0 unspecified atom stereocenters. The van der Waals surface area contributed by atoms with Crippen molar-refractivity contribution in [1.29, 1.82) is 0 Å². The number of fused-ring (bicyclic) bond motifs is 1. The monoisotopic (exact) mass is 456 g/mol. The van der Waals surface area contributed by atoms with E-state index in [0.717, 1.165) is 42.6 Å². The number of hydrogen-bond donors (Lipinski definition) is 1. The molecule has 3 aromatic rings. The zero-order valence-electron chi connectivity index (χ0n) is 18.4. The SMILES string of the molecule is Cc1nc2ncnn2c(C)c1CCC(=O)Nc1cccc(S(=O)(=O)N2CCCCCC2)c1. The maximum Gasteiger partial charge on any atom is 0.252 e. The van der Waals surface area contributed by atoms with Crippen LogP contribution in [0.2, 0.25) is 0 Å². The van der Waals surface area contributed by atoms with Crippen molar-refractivity contribution in [3.63, 3.8) is 0 Å². The fourth-order valence-corrected chi connectivity index (χ4v) is 5.71. The molecule has 10 heteroatoms. The normalized spacial score (nSPS) is 15.6. The van der Waals surface area contributed by atoms with Crippen LogP contribution >= 0.6 is 0 Å².